The lowest BCUT2D eigenvalue weighted by Gasteiger charge is -2.07. The van der Waals surface area contributed by atoms with E-state index >= 15 is 0 Å². The summed E-state index contributed by atoms with van der Waals surface area (Å²) in [5.41, 5.74) is 3.86. The zero-order chi connectivity index (χ0) is 24.2. The molecule has 1 saturated carbocycles. The standard InChI is InChI=1S/C30H26FNO3/c31-26-3-1-2-20(15-26)7-11-30(34)35-19-21-4-8-23(9-5-21)27-17-28(27)29(33)16-22-6-10-25-18-32-13-12-24(25)14-22/h1-6,8-10,12-15,18,27-28H,7,11,16-17,19H2/t27-,28+/m0/s1. The molecule has 3 aromatic carbocycles. The van der Waals surface area contributed by atoms with Gasteiger partial charge < -0.3 is 4.74 Å². The summed E-state index contributed by atoms with van der Waals surface area (Å²) in [4.78, 5) is 29.0. The zero-order valence-electron chi connectivity index (χ0n) is 19.3. The molecule has 0 unspecified atom stereocenters. The summed E-state index contributed by atoms with van der Waals surface area (Å²) in [5.74, 6) is -0.0115. The minimum atomic E-state index is -0.309. The van der Waals surface area contributed by atoms with Gasteiger partial charge in [0.05, 0.1) is 0 Å². The Morgan fingerprint density at radius 3 is 2.57 bits per heavy atom. The van der Waals surface area contributed by atoms with Crippen LogP contribution in [0, 0.1) is 11.7 Å². The summed E-state index contributed by atoms with van der Waals surface area (Å²) in [6.45, 7) is 0.201. The summed E-state index contributed by atoms with van der Waals surface area (Å²) >= 11 is 0. The van der Waals surface area contributed by atoms with Crippen LogP contribution in [0.2, 0.25) is 0 Å². The highest BCUT2D eigenvalue weighted by atomic mass is 19.1. The van der Waals surface area contributed by atoms with E-state index in [1.165, 1.54) is 12.1 Å². The number of benzene rings is 3. The van der Waals surface area contributed by atoms with Gasteiger partial charge in [-0.15, -0.1) is 0 Å². The monoisotopic (exact) mass is 467 g/mol. The number of carbonyl (C=O) groups is 2. The molecule has 1 aliphatic carbocycles. The first-order valence-electron chi connectivity index (χ1n) is 11.9. The number of esters is 1. The zero-order valence-corrected chi connectivity index (χ0v) is 19.3. The highest BCUT2D eigenvalue weighted by molar-refractivity contribution is 5.89. The maximum Gasteiger partial charge on any atom is 0.306 e. The minimum absolute atomic E-state index is 0.0645. The van der Waals surface area contributed by atoms with Crippen molar-refractivity contribution in [1.29, 1.82) is 0 Å². The molecule has 4 aromatic rings. The number of nitrogens with zero attached hydrogens (tertiary/aromatic N) is 1. The normalized spacial score (nSPS) is 16.7. The lowest BCUT2D eigenvalue weighted by Crippen LogP contribution is -2.07. The van der Waals surface area contributed by atoms with E-state index in [1.54, 1.807) is 18.3 Å². The van der Waals surface area contributed by atoms with E-state index in [2.05, 4.69) is 11.1 Å². The molecule has 0 spiro atoms. The van der Waals surface area contributed by atoms with Gasteiger partial charge in [-0.25, -0.2) is 4.39 Å². The third-order valence-corrected chi connectivity index (χ3v) is 6.60. The van der Waals surface area contributed by atoms with Crippen LogP contribution in [-0.2, 0) is 33.8 Å². The van der Waals surface area contributed by atoms with Crippen LogP contribution in [-0.4, -0.2) is 16.7 Å². The number of Topliss-reactive ketones (excluding diaryl/α,β-unsaturated/α-hetero) is 1. The fourth-order valence-corrected chi connectivity index (χ4v) is 4.53. The van der Waals surface area contributed by atoms with E-state index < -0.39 is 0 Å². The fourth-order valence-electron chi connectivity index (χ4n) is 4.53. The molecule has 0 saturated heterocycles. The highest BCUT2D eigenvalue weighted by Gasteiger charge is 2.43. The molecule has 1 aliphatic rings. The lowest BCUT2D eigenvalue weighted by atomic mass is 10.0. The third-order valence-electron chi connectivity index (χ3n) is 6.60. The number of carbonyl (C=O) groups excluding carboxylic acids is 2. The van der Waals surface area contributed by atoms with E-state index in [0.29, 0.717) is 12.8 Å². The van der Waals surface area contributed by atoms with Gasteiger partial charge in [0.25, 0.3) is 0 Å². The number of pyridine rings is 1. The van der Waals surface area contributed by atoms with E-state index in [4.69, 9.17) is 4.74 Å². The number of fused-ring (bicyclic) bond motifs is 1. The predicted molar refractivity (Wildman–Crippen MR) is 132 cm³/mol. The number of aryl methyl sites for hydroxylation is 1. The first-order valence-corrected chi connectivity index (χ1v) is 11.9. The second-order valence-corrected chi connectivity index (χ2v) is 9.18. The average molecular weight is 468 g/mol. The Labute approximate surface area is 203 Å². The maximum absolute atomic E-state index is 13.2. The topological polar surface area (TPSA) is 56.3 Å². The van der Waals surface area contributed by atoms with Crippen LogP contribution >= 0.6 is 0 Å². The molecule has 0 aliphatic heterocycles. The van der Waals surface area contributed by atoms with Crippen molar-refractivity contribution in [3.05, 3.63) is 113 Å². The predicted octanol–water partition coefficient (Wildman–Crippen LogP) is 5.97. The SMILES string of the molecule is O=C(CCc1cccc(F)c1)OCc1ccc([C@@H]2C[C@H]2C(=O)Cc2ccc3cnccc3c2)cc1. The van der Waals surface area contributed by atoms with Gasteiger partial charge in [0.2, 0.25) is 0 Å². The van der Waals surface area contributed by atoms with Crippen molar-refractivity contribution in [3.63, 3.8) is 0 Å². The van der Waals surface area contributed by atoms with Crippen molar-refractivity contribution < 1.29 is 18.7 Å². The number of ether oxygens (including phenoxy) is 1. The second kappa shape index (κ2) is 10.2. The van der Waals surface area contributed by atoms with E-state index in [-0.39, 0.29) is 42.4 Å². The molecule has 4 nitrogen and oxygen atoms in total. The number of aromatic nitrogens is 1. The van der Waals surface area contributed by atoms with Crippen molar-refractivity contribution in [2.24, 2.45) is 5.92 Å². The van der Waals surface area contributed by atoms with Gasteiger partial charge in [0.1, 0.15) is 18.2 Å². The molecular formula is C30H26FNO3. The quantitative estimate of drug-likeness (QED) is 0.285. The summed E-state index contributed by atoms with van der Waals surface area (Å²) in [6.07, 6.45) is 5.58. The highest BCUT2D eigenvalue weighted by Crippen LogP contribution is 2.48. The Morgan fingerprint density at radius 2 is 1.74 bits per heavy atom. The molecule has 1 fully saturated rings. The second-order valence-electron chi connectivity index (χ2n) is 9.18. The number of hydrogen-bond donors (Lipinski definition) is 0. The van der Waals surface area contributed by atoms with Crippen LogP contribution in [0.25, 0.3) is 10.8 Å². The summed E-state index contributed by atoms with van der Waals surface area (Å²) < 4.78 is 18.6. The molecule has 0 N–H and O–H groups in total. The third kappa shape index (κ3) is 5.80. The fraction of sp³-hybridized carbons (Fsp3) is 0.233. The first kappa shape index (κ1) is 22.9. The van der Waals surface area contributed by atoms with Gasteiger partial charge in [-0.1, -0.05) is 54.6 Å². The van der Waals surface area contributed by atoms with Crippen molar-refractivity contribution in [3.8, 4) is 0 Å². The van der Waals surface area contributed by atoms with Crippen LogP contribution < -0.4 is 0 Å². The van der Waals surface area contributed by atoms with Crippen LogP contribution in [0.15, 0.2) is 85.2 Å². The molecule has 5 rings (SSSR count). The van der Waals surface area contributed by atoms with Crippen LogP contribution in [0.1, 0.15) is 41.0 Å². The Balaban J connectivity index is 1.09. The van der Waals surface area contributed by atoms with Crippen molar-refractivity contribution in [1.82, 2.24) is 4.98 Å². The van der Waals surface area contributed by atoms with E-state index in [0.717, 1.165) is 39.4 Å². The molecule has 2 atom stereocenters. The molecule has 0 radical (unpaired) electrons. The summed E-state index contributed by atoms with van der Waals surface area (Å²) in [5, 5.41) is 2.17. The van der Waals surface area contributed by atoms with Gasteiger partial charge in [-0.05, 0) is 64.6 Å². The largest absolute Gasteiger partial charge is 0.461 e. The molecule has 0 amide bonds. The summed E-state index contributed by atoms with van der Waals surface area (Å²) in [7, 11) is 0. The van der Waals surface area contributed by atoms with E-state index in [9.17, 15) is 14.0 Å². The van der Waals surface area contributed by atoms with E-state index in [1.807, 2.05) is 48.7 Å². The maximum atomic E-state index is 13.2. The van der Waals surface area contributed by atoms with Gasteiger partial charge in [0.15, 0.2) is 0 Å². The van der Waals surface area contributed by atoms with Gasteiger partial charge in [-0.3, -0.25) is 14.6 Å². The Hall–Kier alpha value is -3.86. The van der Waals surface area contributed by atoms with Gasteiger partial charge >= 0.3 is 5.97 Å². The Morgan fingerprint density at radius 1 is 0.914 bits per heavy atom. The van der Waals surface area contributed by atoms with Crippen LogP contribution in [0.5, 0.6) is 0 Å². The molecule has 5 heteroatoms. The number of hydrogen-bond acceptors (Lipinski definition) is 4. The molecular weight excluding hydrogens is 441 g/mol. The van der Waals surface area contributed by atoms with Crippen molar-refractivity contribution in [2.75, 3.05) is 0 Å². The van der Waals surface area contributed by atoms with Crippen LogP contribution in [0.4, 0.5) is 4.39 Å². The van der Waals surface area contributed by atoms with Crippen molar-refractivity contribution >= 4 is 22.5 Å². The number of ketones is 1. The summed E-state index contributed by atoms with van der Waals surface area (Å²) in [6, 6.07) is 22.3. The molecule has 1 aromatic heterocycles. The molecule has 35 heavy (non-hydrogen) atoms. The average Bonchev–Trinajstić information content (AvgIpc) is 3.68. The van der Waals surface area contributed by atoms with Crippen LogP contribution in [0.3, 0.4) is 0 Å². The Bertz CT molecular complexity index is 1370. The van der Waals surface area contributed by atoms with Gasteiger partial charge in [0, 0.05) is 36.5 Å². The number of rotatable bonds is 9. The number of halogens is 1. The van der Waals surface area contributed by atoms with Crippen molar-refractivity contribution in [2.45, 2.75) is 38.2 Å². The molecule has 176 valence electrons. The minimum Gasteiger partial charge on any atom is -0.461 e. The molecule has 0 bridgehead atoms. The smallest absolute Gasteiger partial charge is 0.306 e. The molecule has 1 heterocycles. The van der Waals surface area contributed by atoms with Gasteiger partial charge in [-0.2, -0.15) is 0 Å². The first-order chi connectivity index (χ1) is 17.0. The Kier molecular flexibility index (Phi) is 6.66. The lowest BCUT2D eigenvalue weighted by molar-refractivity contribution is -0.144.